The minimum atomic E-state index is 0.371. The second-order valence-electron chi connectivity index (χ2n) is 4.29. The van der Waals surface area contributed by atoms with Crippen molar-refractivity contribution in [3.8, 4) is 6.07 Å². The number of imidazole rings is 1. The van der Waals surface area contributed by atoms with Crippen LogP contribution in [0.1, 0.15) is 41.7 Å². The number of aromatic nitrogens is 2. The molecule has 0 unspecified atom stereocenters. The molecule has 0 saturated carbocycles. The standard InChI is InChI=1S/C12H15N3S/c1-7(2)11-10(5-6-13)15-8(3)9(4)16-12(15)14-11/h7H,5H2,1-4H3. The number of nitrogens with zero attached hydrogens (tertiary/aromatic N) is 3. The zero-order chi connectivity index (χ0) is 11.9. The fourth-order valence-corrected chi connectivity index (χ4v) is 2.93. The smallest absolute Gasteiger partial charge is 0.194 e. The van der Waals surface area contributed by atoms with Gasteiger partial charge in [0.25, 0.3) is 0 Å². The van der Waals surface area contributed by atoms with E-state index in [0.717, 1.165) is 16.3 Å². The molecule has 0 spiro atoms. The Labute approximate surface area is 99.4 Å². The summed E-state index contributed by atoms with van der Waals surface area (Å²) in [5, 5.41) is 8.91. The van der Waals surface area contributed by atoms with Crippen LogP contribution < -0.4 is 0 Å². The van der Waals surface area contributed by atoms with E-state index >= 15 is 0 Å². The molecule has 2 aromatic heterocycles. The van der Waals surface area contributed by atoms with Crippen LogP contribution >= 0.6 is 11.3 Å². The summed E-state index contributed by atoms with van der Waals surface area (Å²) in [5.41, 5.74) is 3.34. The Balaban J connectivity index is 2.76. The molecule has 16 heavy (non-hydrogen) atoms. The van der Waals surface area contributed by atoms with Crippen LogP contribution in [0.5, 0.6) is 0 Å². The van der Waals surface area contributed by atoms with Gasteiger partial charge < -0.3 is 0 Å². The van der Waals surface area contributed by atoms with Gasteiger partial charge in [-0.15, -0.1) is 11.3 Å². The minimum Gasteiger partial charge on any atom is -0.290 e. The maximum Gasteiger partial charge on any atom is 0.194 e. The van der Waals surface area contributed by atoms with Gasteiger partial charge in [-0.1, -0.05) is 13.8 Å². The SMILES string of the molecule is Cc1sc2nc(C(C)C)c(CC#N)n2c1C. The third-order valence-corrected chi connectivity index (χ3v) is 3.91. The third kappa shape index (κ3) is 1.52. The van der Waals surface area contributed by atoms with Gasteiger partial charge in [0, 0.05) is 10.6 Å². The van der Waals surface area contributed by atoms with E-state index in [0.29, 0.717) is 12.3 Å². The number of fused-ring (bicyclic) bond motifs is 1. The summed E-state index contributed by atoms with van der Waals surface area (Å²) >= 11 is 1.70. The second kappa shape index (κ2) is 3.91. The largest absolute Gasteiger partial charge is 0.290 e. The van der Waals surface area contributed by atoms with Gasteiger partial charge in [0.2, 0.25) is 0 Å². The summed E-state index contributed by atoms with van der Waals surface area (Å²) in [4.78, 5) is 6.94. The third-order valence-electron chi connectivity index (χ3n) is 2.86. The molecule has 0 aliphatic rings. The molecule has 4 heteroatoms. The Bertz CT molecular complexity index is 569. The zero-order valence-electron chi connectivity index (χ0n) is 10.0. The summed E-state index contributed by atoms with van der Waals surface area (Å²) in [6, 6.07) is 2.24. The van der Waals surface area contributed by atoms with Crippen LogP contribution in [0, 0.1) is 25.2 Å². The lowest BCUT2D eigenvalue weighted by molar-refractivity contribution is 0.811. The molecular formula is C12H15N3S. The minimum absolute atomic E-state index is 0.371. The van der Waals surface area contributed by atoms with Crippen molar-refractivity contribution in [1.82, 2.24) is 9.38 Å². The molecule has 0 saturated heterocycles. The molecule has 2 heterocycles. The van der Waals surface area contributed by atoms with E-state index in [4.69, 9.17) is 5.26 Å². The first kappa shape index (κ1) is 11.2. The number of thiazole rings is 1. The summed E-state index contributed by atoms with van der Waals surface area (Å²) in [6.45, 7) is 8.43. The number of hydrogen-bond donors (Lipinski definition) is 0. The van der Waals surface area contributed by atoms with Crippen molar-refractivity contribution in [3.63, 3.8) is 0 Å². The summed E-state index contributed by atoms with van der Waals surface area (Å²) in [7, 11) is 0. The predicted octanol–water partition coefficient (Wildman–Crippen LogP) is 3.20. The van der Waals surface area contributed by atoms with Crippen molar-refractivity contribution in [2.45, 2.75) is 40.0 Å². The van der Waals surface area contributed by atoms with E-state index in [2.05, 4.69) is 43.1 Å². The van der Waals surface area contributed by atoms with Crippen LogP contribution in [-0.2, 0) is 6.42 Å². The van der Waals surface area contributed by atoms with Crippen molar-refractivity contribution < 1.29 is 0 Å². The fraction of sp³-hybridized carbons (Fsp3) is 0.500. The van der Waals surface area contributed by atoms with Gasteiger partial charge in [0.05, 0.1) is 23.9 Å². The molecule has 2 rings (SSSR count). The van der Waals surface area contributed by atoms with E-state index < -0.39 is 0 Å². The molecule has 0 aromatic carbocycles. The van der Waals surface area contributed by atoms with Crippen LogP contribution in [0.4, 0.5) is 0 Å². The van der Waals surface area contributed by atoms with Crippen molar-refractivity contribution in [2.75, 3.05) is 0 Å². The van der Waals surface area contributed by atoms with Gasteiger partial charge in [-0.3, -0.25) is 4.40 Å². The van der Waals surface area contributed by atoms with Gasteiger partial charge in [-0.25, -0.2) is 4.98 Å². The zero-order valence-corrected chi connectivity index (χ0v) is 10.9. The van der Waals surface area contributed by atoms with Gasteiger partial charge >= 0.3 is 0 Å². The topological polar surface area (TPSA) is 41.1 Å². The highest BCUT2D eigenvalue weighted by molar-refractivity contribution is 7.17. The summed E-state index contributed by atoms with van der Waals surface area (Å²) in [6.07, 6.45) is 0.436. The molecule has 0 atom stereocenters. The Morgan fingerprint density at radius 1 is 1.44 bits per heavy atom. The van der Waals surface area contributed by atoms with Crippen LogP contribution in [0.25, 0.3) is 4.96 Å². The Morgan fingerprint density at radius 2 is 2.12 bits per heavy atom. The normalized spacial score (nSPS) is 11.2. The van der Waals surface area contributed by atoms with Crippen molar-refractivity contribution in [1.29, 1.82) is 5.26 Å². The van der Waals surface area contributed by atoms with Crippen molar-refractivity contribution in [2.24, 2.45) is 0 Å². The van der Waals surface area contributed by atoms with Crippen LogP contribution in [0.15, 0.2) is 0 Å². The van der Waals surface area contributed by atoms with E-state index in [1.807, 2.05) is 0 Å². The maximum atomic E-state index is 8.91. The molecule has 0 fully saturated rings. The number of rotatable bonds is 2. The lowest BCUT2D eigenvalue weighted by Crippen LogP contribution is -1.99. The molecule has 3 nitrogen and oxygen atoms in total. The maximum absolute atomic E-state index is 8.91. The molecule has 0 amide bonds. The lowest BCUT2D eigenvalue weighted by atomic mass is 10.1. The number of hydrogen-bond acceptors (Lipinski definition) is 3. The molecule has 84 valence electrons. The second-order valence-corrected chi connectivity index (χ2v) is 5.48. The highest BCUT2D eigenvalue weighted by atomic mass is 32.1. The summed E-state index contributed by atoms with van der Waals surface area (Å²) in [5.74, 6) is 0.371. The van der Waals surface area contributed by atoms with Crippen LogP contribution in [0.3, 0.4) is 0 Å². The first-order valence-electron chi connectivity index (χ1n) is 5.40. The average molecular weight is 233 g/mol. The highest BCUT2D eigenvalue weighted by Crippen LogP contribution is 2.28. The van der Waals surface area contributed by atoms with E-state index in [1.165, 1.54) is 10.6 Å². The van der Waals surface area contributed by atoms with Crippen LogP contribution in [-0.4, -0.2) is 9.38 Å². The molecule has 0 aliphatic heterocycles. The molecule has 0 radical (unpaired) electrons. The summed E-state index contributed by atoms with van der Waals surface area (Å²) < 4.78 is 2.14. The molecule has 0 aliphatic carbocycles. The molecule has 2 aromatic rings. The van der Waals surface area contributed by atoms with Gasteiger partial charge in [-0.05, 0) is 19.8 Å². The highest BCUT2D eigenvalue weighted by Gasteiger charge is 2.18. The molecule has 0 bridgehead atoms. The average Bonchev–Trinajstić information content (AvgIpc) is 2.68. The predicted molar refractivity (Wildman–Crippen MR) is 65.9 cm³/mol. The Hall–Kier alpha value is -1.34. The van der Waals surface area contributed by atoms with E-state index in [9.17, 15) is 0 Å². The van der Waals surface area contributed by atoms with E-state index in [1.54, 1.807) is 11.3 Å². The van der Waals surface area contributed by atoms with Crippen molar-refractivity contribution >= 4 is 16.3 Å². The van der Waals surface area contributed by atoms with Gasteiger partial charge in [-0.2, -0.15) is 5.26 Å². The fourth-order valence-electron chi connectivity index (χ4n) is 1.94. The first-order valence-corrected chi connectivity index (χ1v) is 6.22. The quantitative estimate of drug-likeness (QED) is 0.799. The van der Waals surface area contributed by atoms with Gasteiger partial charge in [0.15, 0.2) is 4.96 Å². The Kier molecular flexibility index (Phi) is 2.73. The number of nitriles is 1. The van der Waals surface area contributed by atoms with Gasteiger partial charge in [0.1, 0.15) is 0 Å². The van der Waals surface area contributed by atoms with E-state index in [-0.39, 0.29) is 0 Å². The molecular weight excluding hydrogens is 218 g/mol. The molecule has 0 N–H and O–H groups in total. The monoisotopic (exact) mass is 233 g/mol. The lowest BCUT2D eigenvalue weighted by Gasteiger charge is -2.04. The Morgan fingerprint density at radius 3 is 2.69 bits per heavy atom. The first-order chi connectivity index (χ1) is 7.56. The number of aryl methyl sites for hydroxylation is 2. The van der Waals surface area contributed by atoms with Crippen molar-refractivity contribution in [3.05, 3.63) is 22.0 Å². The van der Waals surface area contributed by atoms with Crippen LogP contribution in [0.2, 0.25) is 0 Å².